The summed E-state index contributed by atoms with van der Waals surface area (Å²) in [5.74, 6) is -0.0796. The monoisotopic (exact) mass is 274 g/mol. The third-order valence-corrected chi connectivity index (χ3v) is 3.03. The summed E-state index contributed by atoms with van der Waals surface area (Å²) in [6, 6.07) is 6.52. The van der Waals surface area contributed by atoms with E-state index in [9.17, 15) is 4.39 Å². The van der Waals surface area contributed by atoms with Crippen LogP contribution in [0.4, 0.5) is 4.39 Å². The van der Waals surface area contributed by atoms with Crippen LogP contribution in [0.15, 0.2) is 23.8 Å². The smallest absolute Gasteiger partial charge is 0.140 e. The topological polar surface area (TPSA) is 35.8 Å². The van der Waals surface area contributed by atoms with E-state index in [1.165, 1.54) is 11.6 Å². The van der Waals surface area contributed by atoms with E-state index in [4.69, 9.17) is 5.26 Å². The predicted molar refractivity (Wildman–Crippen MR) is 81.7 cm³/mol. The lowest BCUT2D eigenvalue weighted by Crippen LogP contribution is -2.37. The van der Waals surface area contributed by atoms with Gasteiger partial charge < -0.3 is 5.32 Å². The van der Waals surface area contributed by atoms with Crippen molar-refractivity contribution >= 4 is 6.08 Å². The number of nitrogens with one attached hydrogen (secondary N) is 1. The van der Waals surface area contributed by atoms with Gasteiger partial charge in [-0.2, -0.15) is 5.26 Å². The Morgan fingerprint density at radius 2 is 2.05 bits per heavy atom. The van der Waals surface area contributed by atoms with E-state index in [-0.39, 0.29) is 11.1 Å². The van der Waals surface area contributed by atoms with E-state index >= 15 is 0 Å². The van der Waals surface area contributed by atoms with Crippen molar-refractivity contribution in [3.05, 3.63) is 40.7 Å². The number of rotatable bonds is 4. The van der Waals surface area contributed by atoms with E-state index in [0.717, 1.165) is 12.1 Å². The van der Waals surface area contributed by atoms with Crippen LogP contribution in [0.5, 0.6) is 0 Å². The van der Waals surface area contributed by atoms with Gasteiger partial charge in [-0.25, -0.2) is 4.39 Å². The Bertz CT molecular complexity index is 531. The first-order valence-electron chi connectivity index (χ1n) is 6.88. The van der Waals surface area contributed by atoms with Gasteiger partial charge in [0.2, 0.25) is 0 Å². The summed E-state index contributed by atoms with van der Waals surface area (Å²) in [7, 11) is 0. The molecule has 20 heavy (non-hydrogen) atoms. The Labute approximate surface area is 121 Å². The maximum absolute atomic E-state index is 13.3. The number of benzene rings is 1. The second kappa shape index (κ2) is 6.67. The highest BCUT2D eigenvalue weighted by atomic mass is 19.1. The van der Waals surface area contributed by atoms with E-state index in [1.54, 1.807) is 12.1 Å². The molecule has 1 rings (SSSR count). The fourth-order valence-electron chi connectivity index (χ4n) is 1.72. The molecule has 1 aromatic carbocycles. The molecule has 1 N–H and O–H groups in total. The molecule has 0 heterocycles. The Balaban J connectivity index is 3.00. The lowest BCUT2D eigenvalue weighted by molar-refractivity contribution is 0.437. The van der Waals surface area contributed by atoms with Gasteiger partial charge in [-0.1, -0.05) is 31.6 Å². The van der Waals surface area contributed by atoms with Crippen molar-refractivity contribution in [3.63, 3.8) is 0 Å². The molecule has 1 aromatic rings. The molecule has 0 saturated heterocycles. The standard InChI is InChI=1S/C17H23FN2/c1-12(2)15(11-20-17(3,4)5)9-13-6-7-16(18)14(8-13)10-19/h6-9,12,20H,11H2,1-5H3/b15-9+. The quantitative estimate of drug-likeness (QED) is 0.896. The van der Waals surface area contributed by atoms with Crippen LogP contribution < -0.4 is 5.32 Å². The molecule has 0 aliphatic heterocycles. The van der Waals surface area contributed by atoms with Crippen LogP contribution in [0.2, 0.25) is 0 Å². The molecule has 0 atom stereocenters. The second-order valence-electron chi connectivity index (χ2n) is 6.33. The molecule has 0 spiro atoms. The van der Waals surface area contributed by atoms with Gasteiger partial charge in [0.25, 0.3) is 0 Å². The molecule has 0 aliphatic carbocycles. The van der Waals surface area contributed by atoms with Crippen LogP contribution in [0.1, 0.15) is 45.7 Å². The number of hydrogen-bond acceptors (Lipinski definition) is 2. The molecule has 0 radical (unpaired) electrons. The zero-order valence-electron chi connectivity index (χ0n) is 12.9. The summed E-state index contributed by atoms with van der Waals surface area (Å²) in [6.45, 7) is 11.4. The highest BCUT2D eigenvalue weighted by Crippen LogP contribution is 2.17. The van der Waals surface area contributed by atoms with E-state index in [1.807, 2.05) is 12.1 Å². The highest BCUT2D eigenvalue weighted by molar-refractivity contribution is 5.56. The van der Waals surface area contributed by atoms with Crippen molar-refractivity contribution in [3.8, 4) is 6.07 Å². The van der Waals surface area contributed by atoms with Crippen LogP contribution in [-0.2, 0) is 0 Å². The average molecular weight is 274 g/mol. The molecule has 0 unspecified atom stereocenters. The molecule has 0 bridgehead atoms. The van der Waals surface area contributed by atoms with E-state index in [2.05, 4.69) is 39.9 Å². The Kier molecular flexibility index (Phi) is 5.47. The fourth-order valence-corrected chi connectivity index (χ4v) is 1.72. The van der Waals surface area contributed by atoms with Crippen LogP contribution in [0.25, 0.3) is 6.08 Å². The van der Waals surface area contributed by atoms with Gasteiger partial charge in [0.1, 0.15) is 11.9 Å². The fraction of sp³-hybridized carbons (Fsp3) is 0.471. The first-order valence-corrected chi connectivity index (χ1v) is 6.88. The zero-order valence-corrected chi connectivity index (χ0v) is 12.9. The van der Waals surface area contributed by atoms with Crippen molar-refractivity contribution in [2.75, 3.05) is 6.54 Å². The van der Waals surface area contributed by atoms with Gasteiger partial charge in [0.05, 0.1) is 5.56 Å². The Morgan fingerprint density at radius 3 is 2.55 bits per heavy atom. The lowest BCUT2D eigenvalue weighted by Gasteiger charge is -2.23. The molecule has 3 heteroatoms. The van der Waals surface area contributed by atoms with Gasteiger partial charge in [0, 0.05) is 12.1 Å². The highest BCUT2D eigenvalue weighted by Gasteiger charge is 2.11. The maximum atomic E-state index is 13.3. The molecule has 0 saturated carbocycles. The largest absolute Gasteiger partial charge is 0.308 e. The summed E-state index contributed by atoms with van der Waals surface area (Å²) in [5.41, 5.74) is 2.23. The van der Waals surface area contributed by atoms with Crippen molar-refractivity contribution in [1.29, 1.82) is 5.26 Å². The third-order valence-electron chi connectivity index (χ3n) is 3.03. The molecule has 2 nitrogen and oxygen atoms in total. The number of halogens is 1. The van der Waals surface area contributed by atoms with Gasteiger partial charge in [-0.3, -0.25) is 0 Å². The van der Waals surface area contributed by atoms with Crippen molar-refractivity contribution in [2.24, 2.45) is 5.92 Å². The van der Waals surface area contributed by atoms with Crippen LogP contribution in [-0.4, -0.2) is 12.1 Å². The van der Waals surface area contributed by atoms with Crippen LogP contribution >= 0.6 is 0 Å². The summed E-state index contributed by atoms with van der Waals surface area (Å²) in [4.78, 5) is 0. The molecule has 0 aliphatic rings. The number of nitriles is 1. The minimum Gasteiger partial charge on any atom is -0.308 e. The molecule has 0 amide bonds. The minimum atomic E-state index is -0.469. The molecule has 0 aromatic heterocycles. The van der Waals surface area contributed by atoms with Crippen molar-refractivity contribution in [2.45, 2.75) is 40.2 Å². The van der Waals surface area contributed by atoms with Crippen LogP contribution in [0.3, 0.4) is 0 Å². The summed E-state index contributed by atoms with van der Waals surface area (Å²) >= 11 is 0. The first kappa shape index (κ1) is 16.4. The van der Waals surface area contributed by atoms with Gasteiger partial charge >= 0.3 is 0 Å². The second-order valence-corrected chi connectivity index (χ2v) is 6.33. The number of nitrogens with zero attached hydrogens (tertiary/aromatic N) is 1. The Hall–Kier alpha value is -1.66. The average Bonchev–Trinajstić information content (AvgIpc) is 2.34. The Morgan fingerprint density at radius 1 is 1.40 bits per heavy atom. The van der Waals surface area contributed by atoms with E-state index < -0.39 is 5.82 Å². The lowest BCUT2D eigenvalue weighted by atomic mass is 9.98. The number of hydrogen-bond donors (Lipinski definition) is 1. The summed E-state index contributed by atoms with van der Waals surface area (Å²) in [5, 5.41) is 12.3. The van der Waals surface area contributed by atoms with Gasteiger partial charge in [0.15, 0.2) is 0 Å². The molecule has 108 valence electrons. The minimum absolute atomic E-state index is 0.0502. The first-order chi connectivity index (χ1) is 9.23. The van der Waals surface area contributed by atoms with Gasteiger partial charge in [-0.05, 0) is 44.4 Å². The molecule has 0 fully saturated rings. The summed E-state index contributed by atoms with van der Waals surface area (Å²) < 4.78 is 13.3. The van der Waals surface area contributed by atoms with Crippen LogP contribution in [0, 0.1) is 23.1 Å². The van der Waals surface area contributed by atoms with E-state index in [0.29, 0.717) is 5.92 Å². The third kappa shape index (κ3) is 5.14. The molecular weight excluding hydrogens is 251 g/mol. The normalized spacial score (nSPS) is 12.6. The maximum Gasteiger partial charge on any atom is 0.140 e. The summed E-state index contributed by atoms with van der Waals surface area (Å²) in [6.07, 6.45) is 2.03. The van der Waals surface area contributed by atoms with Crippen molar-refractivity contribution in [1.82, 2.24) is 5.32 Å². The SMILES string of the molecule is CC(C)/C(=C/c1ccc(F)c(C#N)c1)CNC(C)(C)C. The molecular formula is C17H23FN2. The zero-order chi connectivity index (χ0) is 15.3. The predicted octanol–water partition coefficient (Wildman–Crippen LogP) is 4.12. The van der Waals surface area contributed by atoms with Crippen molar-refractivity contribution < 1.29 is 4.39 Å². The van der Waals surface area contributed by atoms with Gasteiger partial charge in [-0.15, -0.1) is 0 Å².